The van der Waals surface area contributed by atoms with Gasteiger partial charge >= 0.3 is 0 Å². The Kier molecular flexibility index (Phi) is 9.30. The molecule has 0 aliphatic carbocycles. The highest BCUT2D eigenvalue weighted by Gasteiger charge is 2.13. The summed E-state index contributed by atoms with van der Waals surface area (Å²) in [4.78, 5) is 11.6. The number of halogens is 1. The monoisotopic (exact) mass is 511 g/mol. The van der Waals surface area contributed by atoms with Crippen molar-refractivity contribution in [3.8, 4) is 11.5 Å². The van der Waals surface area contributed by atoms with Gasteiger partial charge in [-0.3, -0.25) is 0 Å². The molecule has 0 amide bonds. The summed E-state index contributed by atoms with van der Waals surface area (Å²) in [5.41, 5.74) is 1.95. The molecule has 8 heteroatoms. The highest BCUT2D eigenvalue weighted by molar-refractivity contribution is 14.0. The average molecular weight is 511 g/mol. The quantitative estimate of drug-likeness (QED) is 0.334. The van der Waals surface area contributed by atoms with Crippen molar-refractivity contribution in [2.24, 2.45) is 4.99 Å². The van der Waals surface area contributed by atoms with Gasteiger partial charge in [-0.05, 0) is 43.5 Å². The van der Waals surface area contributed by atoms with Crippen molar-refractivity contribution in [1.82, 2.24) is 10.3 Å². The second kappa shape index (κ2) is 11.7. The minimum absolute atomic E-state index is 0. The summed E-state index contributed by atoms with van der Waals surface area (Å²) in [6.45, 7) is 5.56. The molecule has 2 aromatic rings. The first-order chi connectivity index (χ1) is 13.7. The lowest BCUT2D eigenvalue weighted by Crippen LogP contribution is -2.30. The topological polar surface area (TPSA) is 71.0 Å². The van der Waals surface area contributed by atoms with Crippen LogP contribution in [0, 0.1) is 0 Å². The van der Waals surface area contributed by atoms with E-state index in [4.69, 9.17) is 9.47 Å². The standard InChI is InChI=1S/C21H29N5O2.HI/c1-4-22-21(25-17-8-9-18(27-2)19(13-17)28-3)24-15-16-7-10-20(23-14-16)26-11-5-6-12-26;/h7-10,13-14H,4-6,11-12,15H2,1-3H3,(H2,22,24,25);1H. The summed E-state index contributed by atoms with van der Waals surface area (Å²) in [5.74, 6) is 3.13. The fourth-order valence-electron chi connectivity index (χ4n) is 3.17. The molecular formula is C21H30IN5O2. The molecule has 1 aliphatic heterocycles. The third-order valence-corrected chi connectivity index (χ3v) is 4.65. The summed E-state index contributed by atoms with van der Waals surface area (Å²) >= 11 is 0. The van der Waals surface area contributed by atoms with Crippen LogP contribution in [0.25, 0.3) is 0 Å². The van der Waals surface area contributed by atoms with Gasteiger partial charge in [-0.2, -0.15) is 0 Å². The first kappa shape index (κ1) is 23.1. The molecule has 0 spiro atoms. The number of pyridine rings is 1. The fourth-order valence-corrected chi connectivity index (χ4v) is 3.17. The summed E-state index contributed by atoms with van der Waals surface area (Å²) in [5, 5.41) is 6.57. The van der Waals surface area contributed by atoms with E-state index in [1.54, 1.807) is 14.2 Å². The van der Waals surface area contributed by atoms with E-state index in [1.807, 2.05) is 31.3 Å². The number of nitrogens with zero attached hydrogens (tertiary/aromatic N) is 3. The van der Waals surface area contributed by atoms with Crippen molar-refractivity contribution in [3.63, 3.8) is 0 Å². The van der Waals surface area contributed by atoms with E-state index in [0.717, 1.165) is 36.7 Å². The van der Waals surface area contributed by atoms with Crippen LogP contribution in [0.2, 0.25) is 0 Å². The van der Waals surface area contributed by atoms with Crippen LogP contribution in [0.5, 0.6) is 11.5 Å². The Morgan fingerprint density at radius 1 is 1.10 bits per heavy atom. The van der Waals surface area contributed by atoms with Gasteiger partial charge in [0.1, 0.15) is 5.82 Å². The Hall–Kier alpha value is -2.23. The highest BCUT2D eigenvalue weighted by Crippen LogP contribution is 2.29. The molecule has 158 valence electrons. The number of methoxy groups -OCH3 is 2. The summed E-state index contributed by atoms with van der Waals surface area (Å²) in [6, 6.07) is 9.87. The van der Waals surface area contributed by atoms with Gasteiger partial charge in [0.2, 0.25) is 0 Å². The molecule has 1 aliphatic rings. The second-order valence-corrected chi connectivity index (χ2v) is 6.61. The Labute approximate surface area is 189 Å². The molecule has 1 saturated heterocycles. The molecule has 1 fully saturated rings. The number of aromatic nitrogens is 1. The van der Waals surface area contributed by atoms with Gasteiger partial charge in [-0.25, -0.2) is 9.98 Å². The lowest BCUT2D eigenvalue weighted by atomic mass is 10.2. The van der Waals surface area contributed by atoms with Crippen LogP contribution in [0.3, 0.4) is 0 Å². The molecule has 2 N–H and O–H groups in total. The number of ether oxygens (including phenoxy) is 2. The Bertz CT molecular complexity index is 792. The zero-order valence-electron chi connectivity index (χ0n) is 17.3. The number of rotatable bonds is 7. The van der Waals surface area contributed by atoms with E-state index >= 15 is 0 Å². The van der Waals surface area contributed by atoms with E-state index in [1.165, 1.54) is 12.8 Å². The fraction of sp³-hybridized carbons (Fsp3) is 0.429. The van der Waals surface area contributed by atoms with Crippen molar-refractivity contribution < 1.29 is 9.47 Å². The van der Waals surface area contributed by atoms with Gasteiger partial charge in [-0.15, -0.1) is 24.0 Å². The van der Waals surface area contributed by atoms with Crippen LogP contribution in [0.1, 0.15) is 25.3 Å². The van der Waals surface area contributed by atoms with E-state index < -0.39 is 0 Å². The molecule has 0 radical (unpaired) electrons. The Morgan fingerprint density at radius 2 is 1.86 bits per heavy atom. The molecule has 0 atom stereocenters. The molecule has 7 nitrogen and oxygen atoms in total. The highest BCUT2D eigenvalue weighted by atomic mass is 127. The predicted molar refractivity (Wildman–Crippen MR) is 129 cm³/mol. The number of hydrogen-bond acceptors (Lipinski definition) is 5. The third-order valence-electron chi connectivity index (χ3n) is 4.65. The van der Waals surface area contributed by atoms with Gasteiger partial charge in [0, 0.05) is 37.6 Å². The van der Waals surface area contributed by atoms with Gasteiger partial charge in [0.15, 0.2) is 17.5 Å². The predicted octanol–water partition coefficient (Wildman–Crippen LogP) is 3.89. The van der Waals surface area contributed by atoms with Crippen LogP contribution < -0.4 is 25.0 Å². The molecule has 1 aromatic heterocycles. The van der Waals surface area contributed by atoms with E-state index in [2.05, 4.69) is 37.6 Å². The number of nitrogens with one attached hydrogen (secondary N) is 2. The minimum Gasteiger partial charge on any atom is -0.493 e. The normalized spacial score (nSPS) is 13.6. The molecule has 3 rings (SSSR count). The average Bonchev–Trinajstić information content (AvgIpc) is 3.27. The first-order valence-electron chi connectivity index (χ1n) is 9.70. The molecule has 1 aromatic carbocycles. The van der Waals surface area contributed by atoms with Gasteiger partial charge < -0.3 is 25.0 Å². The molecule has 0 saturated carbocycles. The number of aliphatic imine (C=N–C) groups is 1. The maximum Gasteiger partial charge on any atom is 0.196 e. The van der Waals surface area contributed by atoms with E-state index in [0.29, 0.717) is 24.0 Å². The van der Waals surface area contributed by atoms with Gasteiger partial charge in [0.05, 0.1) is 20.8 Å². The number of anilines is 2. The number of guanidine groups is 1. The largest absolute Gasteiger partial charge is 0.493 e. The molecule has 0 bridgehead atoms. The summed E-state index contributed by atoms with van der Waals surface area (Å²) < 4.78 is 10.7. The first-order valence-corrected chi connectivity index (χ1v) is 9.70. The van der Waals surface area contributed by atoms with Crippen molar-refractivity contribution in [2.75, 3.05) is 44.1 Å². The minimum atomic E-state index is 0. The van der Waals surface area contributed by atoms with Crippen molar-refractivity contribution in [1.29, 1.82) is 0 Å². The molecule has 2 heterocycles. The number of benzene rings is 1. The van der Waals surface area contributed by atoms with Crippen LogP contribution in [-0.4, -0.2) is 44.8 Å². The van der Waals surface area contributed by atoms with Crippen LogP contribution in [0.4, 0.5) is 11.5 Å². The van der Waals surface area contributed by atoms with Crippen LogP contribution in [0.15, 0.2) is 41.5 Å². The lowest BCUT2D eigenvalue weighted by molar-refractivity contribution is 0.355. The summed E-state index contributed by atoms with van der Waals surface area (Å²) in [6.07, 6.45) is 4.42. The van der Waals surface area contributed by atoms with Crippen molar-refractivity contribution >= 4 is 41.4 Å². The number of hydrogen-bond donors (Lipinski definition) is 2. The maximum absolute atomic E-state index is 5.36. The summed E-state index contributed by atoms with van der Waals surface area (Å²) in [7, 11) is 3.25. The van der Waals surface area contributed by atoms with E-state index in [-0.39, 0.29) is 24.0 Å². The second-order valence-electron chi connectivity index (χ2n) is 6.61. The van der Waals surface area contributed by atoms with Crippen molar-refractivity contribution in [3.05, 3.63) is 42.1 Å². The SMILES string of the molecule is CCNC(=NCc1ccc(N2CCCC2)nc1)Nc1ccc(OC)c(OC)c1.I. The van der Waals surface area contributed by atoms with Crippen LogP contribution >= 0.6 is 24.0 Å². The Balaban J connectivity index is 0.00000300. The maximum atomic E-state index is 5.36. The zero-order chi connectivity index (χ0) is 19.8. The van der Waals surface area contributed by atoms with Crippen LogP contribution in [-0.2, 0) is 6.54 Å². The molecular weight excluding hydrogens is 481 g/mol. The van der Waals surface area contributed by atoms with Gasteiger partial charge in [0.25, 0.3) is 0 Å². The van der Waals surface area contributed by atoms with Gasteiger partial charge in [-0.1, -0.05) is 6.07 Å². The van der Waals surface area contributed by atoms with Crippen molar-refractivity contribution in [2.45, 2.75) is 26.3 Å². The molecule has 0 unspecified atom stereocenters. The smallest absolute Gasteiger partial charge is 0.196 e. The van der Waals surface area contributed by atoms with E-state index in [9.17, 15) is 0 Å². The lowest BCUT2D eigenvalue weighted by Gasteiger charge is -2.16. The Morgan fingerprint density at radius 3 is 2.48 bits per heavy atom. The zero-order valence-corrected chi connectivity index (χ0v) is 19.6. The third kappa shape index (κ3) is 6.38. The molecule has 29 heavy (non-hydrogen) atoms.